The number of hydrogen-bond acceptors (Lipinski definition) is 10. The van der Waals surface area contributed by atoms with Crippen LogP contribution in [0.15, 0.2) is 0 Å². The van der Waals surface area contributed by atoms with Crippen LogP contribution in [0.5, 0.6) is 0 Å². The molecule has 0 heterocycles. The van der Waals surface area contributed by atoms with Gasteiger partial charge in [-0.15, -0.1) is 0 Å². The standard InChI is InChI=1S/H5O10P3.V/c1-11(2,3)9-13(7,8)10-12(4,5)6;/h(H,7,8)(H2,1,2,3)(H2,4,5,6);/p-5. The third kappa shape index (κ3) is 11.1. The predicted octanol–water partition coefficient (Wildman–Crippen LogP) is -3.86. The van der Waals surface area contributed by atoms with Crippen LogP contribution in [-0.2, 0) is 40.9 Å². The van der Waals surface area contributed by atoms with Crippen molar-refractivity contribution < 1.29 is 65.3 Å². The van der Waals surface area contributed by atoms with Crippen molar-refractivity contribution in [3.63, 3.8) is 0 Å². The fourth-order valence-electron chi connectivity index (χ4n) is 0.260. The van der Waals surface area contributed by atoms with Crippen molar-refractivity contribution in [2.24, 2.45) is 0 Å². The molecule has 1 radical (unpaired) electrons. The summed E-state index contributed by atoms with van der Waals surface area (Å²) >= 11 is 0. The molecule has 0 saturated heterocycles. The Balaban J connectivity index is 0. The van der Waals surface area contributed by atoms with Crippen LogP contribution in [0.3, 0.4) is 0 Å². The zero-order valence-electron chi connectivity index (χ0n) is 5.87. The predicted molar refractivity (Wildman–Crippen MR) is 25.0 cm³/mol. The third-order valence-corrected chi connectivity index (χ3v) is 3.60. The molecule has 0 bridgehead atoms. The zero-order valence-corrected chi connectivity index (χ0v) is 9.95. The molecule has 0 N–H and O–H groups in total. The Morgan fingerprint density at radius 3 is 1.07 bits per heavy atom. The Morgan fingerprint density at radius 1 is 0.714 bits per heavy atom. The first kappa shape index (κ1) is 17.4. The Morgan fingerprint density at radius 2 is 0.929 bits per heavy atom. The van der Waals surface area contributed by atoms with Gasteiger partial charge in [0.05, 0.1) is 15.6 Å². The molecule has 0 aromatic carbocycles. The molecule has 0 rings (SSSR count). The summed E-state index contributed by atoms with van der Waals surface area (Å²) in [5.74, 6) is 0. The van der Waals surface area contributed by atoms with E-state index >= 15 is 0 Å². The van der Waals surface area contributed by atoms with Crippen molar-refractivity contribution in [2.45, 2.75) is 0 Å². The molecule has 0 aromatic rings. The normalized spacial score (nSPS) is 13.5. The van der Waals surface area contributed by atoms with Crippen LogP contribution in [0.2, 0.25) is 0 Å². The molecule has 0 fully saturated rings. The van der Waals surface area contributed by atoms with Crippen molar-refractivity contribution in [1.82, 2.24) is 0 Å². The maximum Gasteiger partial charge on any atom is 0.275 e. The minimum Gasteiger partial charge on any atom is -0.790 e. The van der Waals surface area contributed by atoms with Crippen LogP contribution in [-0.4, -0.2) is 0 Å². The van der Waals surface area contributed by atoms with E-state index in [1.165, 1.54) is 0 Å². The molecule has 0 atom stereocenters. The summed E-state index contributed by atoms with van der Waals surface area (Å²) in [4.78, 5) is 48.6. The van der Waals surface area contributed by atoms with Crippen LogP contribution >= 0.6 is 23.5 Å². The largest absolute Gasteiger partial charge is 0.790 e. The monoisotopic (exact) mass is 304 g/mol. The first-order chi connectivity index (χ1) is 5.41. The summed E-state index contributed by atoms with van der Waals surface area (Å²) in [6.07, 6.45) is 0. The van der Waals surface area contributed by atoms with Gasteiger partial charge in [-0.25, -0.2) is 0 Å². The van der Waals surface area contributed by atoms with Crippen molar-refractivity contribution in [2.75, 3.05) is 0 Å². The van der Waals surface area contributed by atoms with Gasteiger partial charge < -0.3 is 33.6 Å². The molecule has 0 spiro atoms. The van der Waals surface area contributed by atoms with Gasteiger partial charge in [0.15, 0.2) is 0 Å². The summed E-state index contributed by atoms with van der Waals surface area (Å²) in [7, 11) is -17.9. The molecule has 0 unspecified atom stereocenters. The van der Waals surface area contributed by atoms with Crippen molar-refractivity contribution >= 4 is 23.5 Å². The molecule has 14 heavy (non-hydrogen) atoms. The molecule has 0 aliphatic rings. The van der Waals surface area contributed by atoms with Gasteiger partial charge in [0.25, 0.3) is 7.82 Å². The summed E-state index contributed by atoms with van der Waals surface area (Å²) in [6.45, 7) is 0. The van der Waals surface area contributed by atoms with E-state index < -0.39 is 23.5 Å². The molecule has 0 amide bonds. The third-order valence-electron chi connectivity index (χ3n) is 0.400. The maximum atomic E-state index is 10.1. The molecular weight excluding hydrogens is 304 g/mol. The minimum absolute atomic E-state index is 0. The van der Waals surface area contributed by atoms with Crippen LogP contribution in [0.1, 0.15) is 0 Å². The van der Waals surface area contributed by atoms with E-state index in [-0.39, 0.29) is 18.6 Å². The van der Waals surface area contributed by atoms with E-state index in [0.29, 0.717) is 0 Å². The SMILES string of the molecule is O=P([O-])([O-])OP(=O)([O-])OP(=O)([O-])[O-].[V]. The number of hydrogen-bond donors (Lipinski definition) is 0. The Kier molecular flexibility index (Phi) is 6.66. The molecular formula is O10P3V-5. The van der Waals surface area contributed by atoms with E-state index in [2.05, 4.69) is 8.62 Å². The summed E-state index contributed by atoms with van der Waals surface area (Å²) in [6, 6.07) is 0. The second-order valence-corrected chi connectivity index (χ2v) is 5.49. The fraction of sp³-hybridized carbons (Fsp3) is 0. The maximum absolute atomic E-state index is 10.1. The average molecular weight is 304 g/mol. The molecule has 0 aliphatic heterocycles. The van der Waals surface area contributed by atoms with Gasteiger partial charge in [-0.1, -0.05) is 0 Å². The van der Waals surface area contributed by atoms with E-state index in [1.807, 2.05) is 0 Å². The molecule has 0 saturated carbocycles. The first-order valence-corrected chi connectivity index (χ1v) is 6.57. The summed E-state index contributed by atoms with van der Waals surface area (Å²) < 4.78 is 34.7. The molecule has 0 aliphatic carbocycles. The van der Waals surface area contributed by atoms with Crippen molar-refractivity contribution in [3.8, 4) is 0 Å². The zero-order chi connectivity index (χ0) is 10.9. The van der Waals surface area contributed by atoms with E-state index in [0.717, 1.165) is 0 Å². The fourth-order valence-corrected chi connectivity index (χ4v) is 2.61. The Labute approximate surface area is 89.2 Å². The quantitative estimate of drug-likeness (QED) is 0.465. The van der Waals surface area contributed by atoms with Crippen LogP contribution in [0, 0.1) is 0 Å². The van der Waals surface area contributed by atoms with Crippen molar-refractivity contribution in [1.29, 1.82) is 0 Å². The Hall–Kier alpha value is 0.994. The van der Waals surface area contributed by atoms with Gasteiger partial charge in [-0.2, -0.15) is 0 Å². The van der Waals surface area contributed by atoms with Gasteiger partial charge in [0.2, 0.25) is 0 Å². The number of phosphoric acid groups is 3. The molecule has 10 nitrogen and oxygen atoms in total. The van der Waals surface area contributed by atoms with Gasteiger partial charge in [-0.3, -0.25) is 13.2 Å². The first-order valence-electron chi connectivity index (χ1n) is 2.19. The topological polar surface area (TPSA) is 185 Å². The van der Waals surface area contributed by atoms with Crippen LogP contribution in [0.25, 0.3) is 0 Å². The van der Waals surface area contributed by atoms with E-state index in [4.69, 9.17) is 0 Å². The average Bonchev–Trinajstić information content (AvgIpc) is 1.43. The molecule has 14 heteroatoms. The molecule has 0 aromatic heterocycles. The van der Waals surface area contributed by atoms with Crippen molar-refractivity contribution in [3.05, 3.63) is 0 Å². The summed E-state index contributed by atoms with van der Waals surface area (Å²) in [5, 5.41) is 0. The summed E-state index contributed by atoms with van der Waals surface area (Å²) in [5.41, 5.74) is 0. The van der Waals surface area contributed by atoms with Gasteiger partial charge in [0.1, 0.15) is 0 Å². The smallest absolute Gasteiger partial charge is 0.275 e. The Bertz CT molecular complexity index is 277. The second-order valence-electron chi connectivity index (χ2n) is 1.50. The van der Waals surface area contributed by atoms with Gasteiger partial charge in [-0.05, 0) is 0 Å². The van der Waals surface area contributed by atoms with Crippen LogP contribution < -0.4 is 24.5 Å². The number of rotatable bonds is 4. The second kappa shape index (κ2) is 5.36. The van der Waals surface area contributed by atoms with Crippen LogP contribution in [0.4, 0.5) is 0 Å². The molecule has 85 valence electrons. The van der Waals surface area contributed by atoms with Gasteiger partial charge in [0, 0.05) is 18.6 Å². The minimum atomic E-state index is -5.97. The van der Waals surface area contributed by atoms with Gasteiger partial charge >= 0.3 is 0 Å². The van der Waals surface area contributed by atoms with E-state index in [1.54, 1.807) is 0 Å². The van der Waals surface area contributed by atoms with E-state index in [9.17, 15) is 38.2 Å².